The van der Waals surface area contributed by atoms with Gasteiger partial charge in [-0.05, 0) is 25.2 Å². The standard InChI is InChI=1S/C14H22N2O2S/c1-16-6-7-19-9-12(16)14(15)11-8-10(17-2)4-5-13(11)18-3/h4-5,8,12,14H,6-7,9,15H2,1-3H3. The molecule has 1 aromatic rings. The van der Waals surface area contributed by atoms with E-state index in [0.717, 1.165) is 29.4 Å². The fourth-order valence-electron chi connectivity index (χ4n) is 2.39. The molecule has 2 unspecified atom stereocenters. The largest absolute Gasteiger partial charge is 0.497 e. The Balaban J connectivity index is 2.27. The van der Waals surface area contributed by atoms with Crippen LogP contribution in [0.3, 0.4) is 0 Å². The molecule has 1 saturated heterocycles. The quantitative estimate of drug-likeness (QED) is 0.911. The number of nitrogens with zero attached hydrogens (tertiary/aromatic N) is 1. The van der Waals surface area contributed by atoms with Crippen molar-refractivity contribution < 1.29 is 9.47 Å². The minimum absolute atomic E-state index is 0.0668. The van der Waals surface area contributed by atoms with Gasteiger partial charge in [-0.3, -0.25) is 4.90 Å². The van der Waals surface area contributed by atoms with Crippen LogP contribution in [0, 0.1) is 0 Å². The van der Waals surface area contributed by atoms with Gasteiger partial charge in [-0.2, -0.15) is 11.8 Å². The van der Waals surface area contributed by atoms with Crippen molar-refractivity contribution in [3.8, 4) is 11.5 Å². The Morgan fingerprint density at radius 2 is 2.16 bits per heavy atom. The zero-order valence-corrected chi connectivity index (χ0v) is 12.6. The number of methoxy groups -OCH3 is 2. The van der Waals surface area contributed by atoms with Crippen LogP contribution < -0.4 is 15.2 Å². The van der Waals surface area contributed by atoms with Gasteiger partial charge in [0.15, 0.2) is 0 Å². The third kappa shape index (κ3) is 3.16. The molecule has 0 aromatic heterocycles. The fourth-order valence-corrected chi connectivity index (χ4v) is 3.68. The first kappa shape index (κ1) is 14.5. The van der Waals surface area contributed by atoms with Crippen LogP contribution >= 0.6 is 11.8 Å². The summed E-state index contributed by atoms with van der Waals surface area (Å²) in [4.78, 5) is 2.33. The van der Waals surface area contributed by atoms with Gasteiger partial charge in [0, 0.05) is 35.7 Å². The molecule has 2 rings (SSSR count). The third-order valence-corrected chi connectivity index (χ3v) is 4.70. The molecule has 1 fully saturated rings. The number of nitrogens with two attached hydrogens (primary N) is 1. The van der Waals surface area contributed by atoms with E-state index in [1.54, 1.807) is 14.2 Å². The average molecular weight is 282 g/mol. The molecular formula is C14H22N2O2S. The lowest BCUT2D eigenvalue weighted by molar-refractivity contribution is 0.234. The predicted octanol–water partition coefficient (Wildman–Crippen LogP) is 1.75. The van der Waals surface area contributed by atoms with Crippen molar-refractivity contribution in [1.82, 2.24) is 4.90 Å². The van der Waals surface area contributed by atoms with Gasteiger partial charge in [-0.1, -0.05) is 0 Å². The molecule has 19 heavy (non-hydrogen) atoms. The van der Waals surface area contributed by atoms with Crippen molar-refractivity contribution in [3.05, 3.63) is 23.8 Å². The number of likely N-dealkylation sites (N-methyl/N-ethyl adjacent to an activating group) is 1. The number of thioether (sulfide) groups is 1. The van der Waals surface area contributed by atoms with Crippen LogP contribution in [0.4, 0.5) is 0 Å². The highest BCUT2D eigenvalue weighted by molar-refractivity contribution is 7.99. The number of hydrogen-bond donors (Lipinski definition) is 1. The number of rotatable bonds is 4. The minimum Gasteiger partial charge on any atom is -0.497 e. The molecule has 1 aliphatic rings. The summed E-state index contributed by atoms with van der Waals surface area (Å²) in [5, 5.41) is 0. The van der Waals surface area contributed by atoms with Crippen LogP contribution in [0.5, 0.6) is 11.5 Å². The summed E-state index contributed by atoms with van der Waals surface area (Å²) < 4.78 is 10.7. The SMILES string of the molecule is COc1ccc(OC)c(C(N)C2CSCCN2C)c1. The zero-order chi connectivity index (χ0) is 13.8. The topological polar surface area (TPSA) is 47.7 Å². The Kier molecular flexibility index (Phi) is 4.96. The monoisotopic (exact) mass is 282 g/mol. The first-order valence-corrected chi connectivity index (χ1v) is 7.58. The maximum atomic E-state index is 6.47. The Morgan fingerprint density at radius 1 is 1.37 bits per heavy atom. The van der Waals surface area contributed by atoms with Gasteiger partial charge in [-0.15, -0.1) is 0 Å². The van der Waals surface area contributed by atoms with E-state index in [0.29, 0.717) is 6.04 Å². The predicted molar refractivity (Wildman–Crippen MR) is 80.2 cm³/mol. The van der Waals surface area contributed by atoms with E-state index in [-0.39, 0.29) is 6.04 Å². The third-order valence-electron chi connectivity index (χ3n) is 3.65. The zero-order valence-electron chi connectivity index (χ0n) is 11.8. The van der Waals surface area contributed by atoms with Gasteiger partial charge in [0.05, 0.1) is 14.2 Å². The van der Waals surface area contributed by atoms with Crippen molar-refractivity contribution in [2.75, 3.05) is 39.3 Å². The summed E-state index contributed by atoms with van der Waals surface area (Å²) in [5.74, 6) is 3.88. The minimum atomic E-state index is -0.0668. The number of benzene rings is 1. The van der Waals surface area contributed by atoms with Gasteiger partial charge in [0.25, 0.3) is 0 Å². The Bertz CT molecular complexity index is 428. The lowest BCUT2D eigenvalue weighted by Crippen LogP contribution is -2.46. The second-order valence-electron chi connectivity index (χ2n) is 4.76. The fraction of sp³-hybridized carbons (Fsp3) is 0.571. The van der Waals surface area contributed by atoms with E-state index in [1.165, 1.54) is 5.75 Å². The smallest absolute Gasteiger partial charge is 0.123 e. The highest BCUT2D eigenvalue weighted by Gasteiger charge is 2.28. The second kappa shape index (κ2) is 6.50. The lowest BCUT2D eigenvalue weighted by atomic mass is 9.98. The summed E-state index contributed by atoms with van der Waals surface area (Å²) in [6.45, 7) is 1.08. The van der Waals surface area contributed by atoms with Crippen molar-refractivity contribution in [3.63, 3.8) is 0 Å². The highest BCUT2D eigenvalue weighted by Crippen LogP contribution is 2.33. The van der Waals surface area contributed by atoms with Gasteiger partial charge in [0.1, 0.15) is 11.5 Å². The molecule has 0 radical (unpaired) electrons. The first-order chi connectivity index (χ1) is 9.17. The summed E-state index contributed by atoms with van der Waals surface area (Å²) in [6, 6.07) is 6.07. The summed E-state index contributed by atoms with van der Waals surface area (Å²) in [6.07, 6.45) is 0. The molecule has 1 aliphatic heterocycles. The van der Waals surface area contributed by atoms with Crippen LogP contribution in [-0.2, 0) is 0 Å². The van der Waals surface area contributed by atoms with E-state index in [1.807, 2.05) is 30.0 Å². The normalized spacial score (nSPS) is 22.0. The Hall–Kier alpha value is -0.910. The van der Waals surface area contributed by atoms with Crippen LogP contribution in [0.2, 0.25) is 0 Å². The van der Waals surface area contributed by atoms with Crippen LogP contribution in [0.1, 0.15) is 11.6 Å². The molecule has 0 spiro atoms. The molecule has 0 saturated carbocycles. The molecule has 1 aromatic carbocycles. The summed E-state index contributed by atoms with van der Waals surface area (Å²) >= 11 is 1.96. The van der Waals surface area contributed by atoms with Gasteiger partial charge >= 0.3 is 0 Å². The molecular weight excluding hydrogens is 260 g/mol. The van der Waals surface area contributed by atoms with Crippen molar-refractivity contribution in [2.24, 2.45) is 5.73 Å². The molecule has 0 bridgehead atoms. The van der Waals surface area contributed by atoms with E-state index >= 15 is 0 Å². The van der Waals surface area contributed by atoms with E-state index in [9.17, 15) is 0 Å². The van der Waals surface area contributed by atoms with E-state index in [2.05, 4.69) is 11.9 Å². The van der Waals surface area contributed by atoms with Crippen molar-refractivity contribution >= 4 is 11.8 Å². The maximum absolute atomic E-state index is 6.47. The second-order valence-corrected chi connectivity index (χ2v) is 5.91. The Morgan fingerprint density at radius 3 is 2.79 bits per heavy atom. The number of hydrogen-bond acceptors (Lipinski definition) is 5. The van der Waals surface area contributed by atoms with Gasteiger partial charge in [0.2, 0.25) is 0 Å². The van der Waals surface area contributed by atoms with Crippen LogP contribution in [0.25, 0.3) is 0 Å². The first-order valence-electron chi connectivity index (χ1n) is 6.43. The molecule has 106 valence electrons. The van der Waals surface area contributed by atoms with Crippen LogP contribution in [0.15, 0.2) is 18.2 Å². The molecule has 0 aliphatic carbocycles. The molecule has 5 heteroatoms. The molecule has 0 amide bonds. The lowest BCUT2D eigenvalue weighted by Gasteiger charge is -2.36. The number of ether oxygens (including phenoxy) is 2. The highest BCUT2D eigenvalue weighted by atomic mass is 32.2. The van der Waals surface area contributed by atoms with Crippen molar-refractivity contribution in [1.29, 1.82) is 0 Å². The summed E-state index contributed by atoms with van der Waals surface area (Å²) in [7, 11) is 5.48. The molecule has 4 nitrogen and oxygen atoms in total. The Labute approximate surface area is 119 Å². The molecule has 2 atom stereocenters. The maximum Gasteiger partial charge on any atom is 0.123 e. The van der Waals surface area contributed by atoms with E-state index in [4.69, 9.17) is 15.2 Å². The van der Waals surface area contributed by atoms with Gasteiger partial charge in [-0.25, -0.2) is 0 Å². The summed E-state index contributed by atoms with van der Waals surface area (Å²) in [5.41, 5.74) is 7.48. The van der Waals surface area contributed by atoms with E-state index < -0.39 is 0 Å². The average Bonchev–Trinajstić information content (AvgIpc) is 2.46. The van der Waals surface area contributed by atoms with Crippen LogP contribution in [-0.4, -0.2) is 50.3 Å². The van der Waals surface area contributed by atoms with Gasteiger partial charge < -0.3 is 15.2 Å². The molecule has 2 N–H and O–H groups in total. The molecule has 1 heterocycles. The van der Waals surface area contributed by atoms with Crippen molar-refractivity contribution in [2.45, 2.75) is 12.1 Å².